The molecule has 0 fully saturated rings. The van der Waals surface area contributed by atoms with E-state index in [4.69, 9.17) is 21.7 Å². The summed E-state index contributed by atoms with van der Waals surface area (Å²) in [5, 5.41) is 6.49. The van der Waals surface area contributed by atoms with Crippen molar-refractivity contribution in [3.05, 3.63) is 45.8 Å². The smallest absolute Gasteiger partial charge is 0.341 e. The monoisotopic (exact) mass is 446 g/mol. The van der Waals surface area contributed by atoms with Gasteiger partial charge in [-0.05, 0) is 76.4 Å². The van der Waals surface area contributed by atoms with Crippen LogP contribution in [0.4, 0.5) is 5.00 Å². The molecular weight excluding hydrogens is 420 g/mol. The van der Waals surface area contributed by atoms with Crippen molar-refractivity contribution < 1.29 is 19.1 Å². The van der Waals surface area contributed by atoms with Crippen LogP contribution < -0.4 is 15.4 Å². The second-order valence-corrected chi connectivity index (χ2v) is 8.72. The Balaban J connectivity index is 1.78. The Morgan fingerprint density at radius 2 is 1.93 bits per heavy atom. The number of benzene rings is 1. The number of ether oxygens (including phenoxy) is 2. The van der Waals surface area contributed by atoms with E-state index in [0.29, 0.717) is 28.5 Å². The molecule has 2 aromatic rings. The number of aryl methyl sites for hydroxylation is 1. The Kier molecular flexibility index (Phi) is 7.44. The van der Waals surface area contributed by atoms with Gasteiger partial charge in [-0.25, -0.2) is 4.79 Å². The molecule has 1 aromatic carbocycles. The lowest BCUT2D eigenvalue weighted by Crippen LogP contribution is -2.34. The summed E-state index contributed by atoms with van der Waals surface area (Å²) in [5.74, 6) is -0.237. The van der Waals surface area contributed by atoms with Crippen molar-refractivity contribution in [1.29, 1.82) is 0 Å². The minimum absolute atomic E-state index is 0.0615. The van der Waals surface area contributed by atoms with Crippen LogP contribution in [0.2, 0.25) is 0 Å². The van der Waals surface area contributed by atoms with Crippen molar-refractivity contribution in [2.45, 2.75) is 52.6 Å². The molecule has 1 aliphatic rings. The van der Waals surface area contributed by atoms with Crippen molar-refractivity contribution in [3.8, 4) is 5.75 Å². The van der Waals surface area contributed by atoms with Crippen LogP contribution in [-0.4, -0.2) is 29.7 Å². The van der Waals surface area contributed by atoms with Gasteiger partial charge in [0.05, 0.1) is 23.8 Å². The molecule has 0 unspecified atom stereocenters. The summed E-state index contributed by atoms with van der Waals surface area (Å²) in [5.41, 5.74) is 1.97. The molecule has 8 heteroatoms. The van der Waals surface area contributed by atoms with E-state index in [-0.39, 0.29) is 23.1 Å². The normalized spacial score (nSPS) is 12.8. The van der Waals surface area contributed by atoms with Gasteiger partial charge in [0, 0.05) is 4.88 Å². The number of hydrogen-bond acceptors (Lipinski definition) is 6. The van der Waals surface area contributed by atoms with Gasteiger partial charge in [0.15, 0.2) is 5.11 Å². The zero-order valence-corrected chi connectivity index (χ0v) is 19.0. The number of anilines is 1. The molecule has 0 saturated carbocycles. The third-order valence-corrected chi connectivity index (χ3v) is 6.01. The van der Waals surface area contributed by atoms with E-state index >= 15 is 0 Å². The maximum absolute atomic E-state index is 12.8. The Morgan fingerprint density at radius 3 is 2.67 bits per heavy atom. The largest absolute Gasteiger partial charge is 0.490 e. The highest BCUT2D eigenvalue weighted by Gasteiger charge is 2.27. The van der Waals surface area contributed by atoms with E-state index in [0.717, 1.165) is 31.2 Å². The number of para-hydroxylation sites is 1. The lowest BCUT2D eigenvalue weighted by Gasteiger charge is -2.15. The highest BCUT2D eigenvalue weighted by atomic mass is 32.1. The quantitative estimate of drug-likeness (QED) is 0.494. The number of thiophene rings is 1. The minimum atomic E-state index is -0.372. The number of carbonyl (C=O) groups excluding carboxylic acids is 2. The first-order valence-corrected chi connectivity index (χ1v) is 11.3. The van der Waals surface area contributed by atoms with Crippen LogP contribution in [0.1, 0.15) is 64.8 Å². The fraction of sp³-hybridized carbons (Fsp3) is 0.409. The van der Waals surface area contributed by atoms with Crippen LogP contribution in [0.5, 0.6) is 5.75 Å². The molecule has 1 aliphatic carbocycles. The number of amides is 1. The van der Waals surface area contributed by atoms with Gasteiger partial charge in [-0.3, -0.25) is 10.1 Å². The second kappa shape index (κ2) is 10.0. The van der Waals surface area contributed by atoms with Gasteiger partial charge in [0.2, 0.25) is 0 Å². The first kappa shape index (κ1) is 22.2. The zero-order valence-electron chi connectivity index (χ0n) is 17.4. The van der Waals surface area contributed by atoms with Crippen LogP contribution in [-0.2, 0) is 17.6 Å². The lowest BCUT2D eigenvalue weighted by atomic mass is 9.95. The van der Waals surface area contributed by atoms with E-state index in [1.165, 1.54) is 16.2 Å². The third kappa shape index (κ3) is 5.17. The van der Waals surface area contributed by atoms with Crippen molar-refractivity contribution in [3.63, 3.8) is 0 Å². The van der Waals surface area contributed by atoms with Gasteiger partial charge in [-0.15, -0.1) is 11.3 Å². The molecule has 1 amide bonds. The molecule has 160 valence electrons. The summed E-state index contributed by atoms with van der Waals surface area (Å²) in [6.07, 6.45) is 3.87. The number of rotatable bonds is 6. The second-order valence-electron chi connectivity index (χ2n) is 7.21. The fourth-order valence-electron chi connectivity index (χ4n) is 3.39. The van der Waals surface area contributed by atoms with Gasteiger partial charge in [-0.2, -0.15) is 0 Å². The molecule has 30 heavy (non-hydrogen) atoms. The predicted octanol–water partition coefficient (Wildman–Crippen LogP) is 4.72. The van der Waals surface area contributed by atoms with Gasteiger partial charge in [0.25, 0.3) is 5.91 Å². The Hall–Kier alpha value is -2.45. The van der Waals surface area contributed by atoms with Gasteiger partial charge >= 0.3 is 5.97 Å². The summed E-state index contributed by atoms with van der Waals surface area (Å²) in [6.45, 7) is 5.88. The summed E-state index contributed by atoms with van der Waals surface area (Å²) < 4.78 is 11.0. The molecular formula is C22H26N2O4S2. The van der Waals surface area contributed by atoms with Crippen LogP contribution in [0.3, 0.4) is 0 Å². The van der Waals surface area contributed by atoms with E-state index < -0.39 is 0 Å². The summed E-state index contributed by atoms with van der Waals surface area (Å²) in [7, 11) is 0. The number of hydrogen-bond donors (Lipinski definition) is 2. The molecule has 1 aromatic heterocycles. The molecule has 0 aliphatic heterocycles. The molecule has 0 saturated heterocycles. The van der Waals surface area contributed by atoms with E-state index in [1.54, 1.807) is 25.1 Å². The topological polar surface area (TPSA) is 76.7 Å². The maximum Gasteiger partial charge on any atom is 0.341 e. The van der Waals surface area contributed by atoms with E-state index in [1.807, 2.05) is 19.9 Å². The van der Waals surface area contributed by atoms with Crippen molar-refractivity contribution in [1.82, 2.24) is 5.32 Å². The third-order valence-electron chi connectivity index (χ3n) is 4.60. The standard InChI is InChI=1S/C22H26N2O4S2/c1-4-27-21(26)18-15-10-6-8-12-17(15)30-20(18)24-22(29)23-19(25)14-9-5-7-11-16(14)28-13(2)3/h5,7,9,11,13H,4,6,8,10,12H2,1-3H3,(H2,23,24,25,29). The number of thiocarbonyl (C=S) groups is 1. The predicted molar refractivity (Wildman–Crippen MR) is 123 cm³/mol. The van der Waals surface area contributed by atoms with E-state index in [9.17, 15) is 9.59 Å². The zero-order chi connectivity index (χ0) is 21.7. The van der Waals surface area contributed by atoms with Gasteiger partial charge in [0.1, 0.15) is 10.8 Å². The minimum Gasteiger partial charge on any atom is -0.490 e. The summed E-state index contributed by atoms with van der Waals surface area (Å²) in [6, 6.07) is 7.01. The molecule has 3 rings (SSSR count). The number of nitrogens with one attached hydrogen (secondary N) is 2. The highest BCUT2D eigenvalue weighted by Crippen LogP contribution is 2.38. The molecule has 0 atom stereocenters. The van der Waals surface area contributed by atoms with Gasteiger partial charge < -0.3 is 14.8 Å². The van der Waals surface area contributed by atoms with Crippen molar-refractivity contribution in [2.24, 2.45) is 0 Å². The Morgan fingerprint density at radius 1 is 1.20 bits per heavy atom. The molecule has 1 heterocycles. The average molecular weight is 447 g/mol. The Labute approximate surface area is 186 Å². The molecule has 0 spiro atoms. The Bertz CT molecular complexity index is 953. The number of fused-ring (bicyclic) bond motifs is 1. The van der Waals surface area contributed by atoms with Crippen molar-refractivity contribution in [2.75, 3.05) is 11.9 Å². The molecule has 0 bridgehead atoms. The summed E-state index contributed by atoms with van der Waals surface area (Å²) in [4.78, 5) is 26.5. The van der Waals surface area contributed by atoms with Gasteiger partial charge in [-0.1, -0.05) is 12.1 Å². The molecule has 6 nitrogen and oxygen atoms in total. The highest BCUT2D eigenvalue weighted by molar-refractivity contribution is 7.80. The SMILES string of the molecule is CCOC(=O)c1c(NC(=S)NC(=O)c2ccccc2OC(C)C)sc2c1CCCC2. The average Bonchev–Trinajstić information content (AvgIpc) is 3.05. The van der Waals surface area contributed by atoms with E-state index in [2.05, 4.69) is 10.6 Å². The maximum atomic E-state index is 12.8. The molecule has 0 radical (unpaired) electrons. The number of esters is 1. The van der Waals surface area contributed by atoms with Crippen LogP contribution in [0, 0.1) is 0 Å². The first-order valence-electron chi connectivity index (χ1n) is 10.1. The number of carbonyl (C=O) groups is 2. The lowest BCUT2D eigenvalue weighted by molar-refractivity contribution is 0.0526. The fourth-order valence-corrected chi connectivity index (χ4v) is 4.93. The van der Waals surface area contributed by atoms with Crippen LogP contribution in [0.15, 0.2) is 24.3 Å². The van der Waals surface area contributed by atoms with Crippen LogP contribution >= 0.6 is 23.6 Å². The van der Waals surface area contributed by atoms with Crippen molar-refractivity contribution >= 4 is 45.5 Å². The molecule has 2 N–H and O–H groups in total. The van der Waals surface area contributed by atoms with Crippen LogP contribution in [0.25, 0.3) is 0 Å². The summed E-state index contributed by atoms with van der Waals surface area (Å²) >= 11 is 6.87. The first-order chi connectivity index (χ1) is 14.4.